The van der Waals surface area contributed by atoms with Crippen molar-refractivity contribution in [3.8, 4) is 0 Å². The molecule has 134 valence electrons. The molecule has 1 saturated heterocycles. The number of hydrogen-bond acceptors (Lipinski definition) is 6. The van der Waals surface area contributed by atoms with E-state index in [-0.39, 0.29) is 10.6 Å². The Bertz CT molecular complexity index is 532. The molecule has 7 heteroatoms. The molecule has 2 rings (SSSR count). The summed E-state index contributed by atoms with van der Waals surface area (Å²) in [6.45, 7) is 7.05. The normalized spacial score (nSPS) is 15.4. The van der Waals surface area contributed by atoms with Crippen LogP contribution in [0.15, 0.2) is 12.1 Å². The van der Waals surface area contributed by atoms with Gasteiger partial charge in [0.2, 0.25) is 5.82 Å². The molecule has 0 aliphatic carbocycles. The Labute approximate surface area is 144 Å². The van der Waals surface area contributed by atoms with Crippen LogP contribution in [0.4, 0.5) is 17.3 Å². The Morgan fingerprint density at radius 3 is 2.62 bits per heavy atom. The molecule has 0 amide bonds. The number of nitrogen functional groups attached to an aromatic ring is 1. The molecule has 0 aromatic carbocycles. The summed E-state index contributed by atoms with van der Waals surface area (Å²) in [5.74, 6) is 0.736. The zero-order chi connectivity index (χ0) is 17.4. The van der Waals surface area contributed by atoms with E-state index in [1.54, 1.807) is 0 Å². The Morgan fingerprint density at radius 2 is 1.96 bits per heavy atom. The standard InChI is InChI=1S/C17H29N5O2/c1-2-3-13-21(14-7-12-20-10-5-4-6-11-20)17-15(22(23)24)8-9-16(18)19-17/h8-9H,2-7,10-14H2,1H3,(H2,18,19). The largest absolute Gasteiger partial charge is 0.384 e. The van der Waals surface area contributed by atoms with Gasteiger partial charge >= 0.3 is 5.69 Å². The molecule has 1 aromatic rings. The number of nitrogens with two attached hydrogens (primary N) is 1. The summed E-state index contributed by atoms with van der Waals surface area (Å²) >= 11 is 0. The predicted molar refractivity (Wildman–Crippen MR) is 97.3 cm³/mol. The van der Waals surface area contributed by atoms with Crippen LogP contribution in [0.5, 0.6) is 0 Å². The van der Waals surface area contributed by atoms with E-state index in [4.69, 9.17) is 5.73 Å². The van der Waals surface area contributed by atoms with Crippen LogP contribution in [-0.4, -0.2) is 47.5 Å². The van der Waals surface area contributed by atoms with Gasteiger partial charge in [-0.3, -0.25) is 10.1 Å². The van der Waals surface area contributed by atoms with E-state index in [0.717, 1.165) is 38.9 Å². The summed E-state index contributed by atoms with van der Waals surface area (Å²) in [5, 5.41) is 11.3. The zero-order valence-corrected chi connectivity index (χ0v) is 14.6. The highest BCUT2D eigenvalue weighted by Gasteiger charge is 2.21. The van der Waals surface area contributed by atoms with Crippen LogP contribution in [0.25, 0.3) is 0 Å². The first-order chi connectivity index (χ1) is 11.6. The SMILES string of the molecule is CCCCN(CCCN1CCCCC1)c1nc(N)ccc1[N+](=O)[O-]. The zero-order valence-electron chi connectivity index (χ0n) is 14.6. The second kappa shape index (κ2) is 9.42. The second-order valence-electron chi connectivity index (χ2n) is 6.43. The lowest BCUT2D eigenvalue weighted by Gasteiger charge is -2.28. The van der Waals surface area contributed by atoms with E-state index in [1.165, 1.54) is 44.5 Å². The Morgan fingerprint density at radius 1 is 1.25 bits per heavy atom. The van der Waals surface area contributed by atoms with E-state index < -0.39 is 0 Å². The molecule has 7 nitrogen and oxygen atoms in total. The summed E-state index contributed by atoms with van der Waals surface area (Å²) in [5.41, 5.74) is 5.81. The molecule has 0 spiro atoms. The molecule has 0 unspecified atom stereocenters. The van der Waals surface area contributed by atoms with Crippen LogP contribution in [-0.2, 0) is 0 Å². The predicted octanol–water partition coefficient (Wildman–Crippen LogP) is 3.05. The van der Waals surface area contributed by atoms with E-state index in [0.29, 0.717) is 11.6 Å². The lowest BCUT2D eigenvalue weighted by molar-refractivity contribution is -0.384. The van der Waals surface area contributed by atoms with Crippen molar-refractivity contribution in [2.24, 2.45) is 0 Å². The summed E-state index contributed by atoms with van der Waals surface area (Å²) < 4.78 is 0. The van der Waals surface area contributed by atoms with Gasteiger partial charge in [-0.1, -0.05) is 19.8 Å². The third-order valence-electron chi connectivity index (χ3n) is 4.50. The summed E-state index contributed by atoms with van der Waals surface area (Å²) in [6, 6.07) is 2.95. The van der Waals surface area contributed by atoms with Crippen LogP contribution in [0.1, 0.15) is 45.4 Å². The van der Waals surface area contributed by atoms with Gasteiger partial charge in [-0.25, -0.2) is 4.98 Å². The first-order valence-electron chi connectivity index (χ1n) is 9.00. The highest BCUT2D eigenvalue weighted by Crippen LogP contribution is 2.27. The van der Waals surface area contributed by atoms with E-state index in [9.17, 15) is 10.1 Å². The van der Waals surface area contributed by atoms with Crippen molar-refractivity contribution in [2.75, 3.05) is 43.4 Å². The first kappa shape index (κ1) is 18.4. The van der Waals surface area contributed by atoms with E-state index in [2.05, 4.69) is 16.8 Å². The fraction of sp³-hybridized carbons (Fsp3) is 0.706. The number of unbranched alkanes of at least 4 members (excludes halogenated alkanes) is 1. The fourth-order valence-corrected chi connectivity index (χ4v) is 3.17. The second-order valence-corrected chi connectivity index (χ2v) is 6.43. The van der Waals surface area contributed by atoms with Crippen molar-refractivity contribution >= 4 is 17.3 Å². The third kappa shape index (κ3) is 5.33. The van der Waals surface area contributed by atoms with Crippen LogP contribution >= 0.6 is 0 Å². The molecule has 1 aromatic heterocycles. The molecule has 24 heavy (non-hydrogen) atoms. The number of nitro groups is 1. The maximum Gasteiger partial charge on any atom is 0.311 e. The molecule has 1 aliphatic heterocycles. The van der Waals surface area contributed by atoms with Crippen molar-refractivity contribution in [1.82, 2.24) is 9.88 Å². The summed E-state index contributed by atoms with van der Waals surface area (Å²) in [6.07, 6.45) is 6.90. The molecule has 0 radical (unpaired) electrons. The molecule has 2 heterocycles. The number of piperidine rings is 1. The minimum absolute atomic E-state index is 0.0401. The fourth-order valence-electron chi connectivity index (χ4n) is 3.17. The van der Waals surface area contributed by atoms with Gasteiger partial charge in [0, 0.05) is 19.2 Å². The molecule has 0 atom stereocenters. The summed E-state index contributed by atoms with van der Waals surface area (Å²) in [4.78, 5) is 19.7. The average Bonchev–Trinajstić information content (AvgIpc) is 2.58. The molecule has 1 fully saturated rings. The van der Waals surface area contributed by atoms with E-state index in [1.807, 2.05) is 4.90 Å². The van der Waals surface area contributed by atoms with Gasteiger partial charge in [-0.05, 0) is 51.4 Å². The van der Waals surface area contributed by atoms with Crippen LogP contribution in [0, 0.1) is 10.1 Å². The van der Waals surface area contributed by atoms with Crippen LogP contribution in [0.2, 0.25) is 0 Å². The Kier molecular flexibility index (Phi) is 7.24. The number of anilines is 2. The van der Waals surface area contributed by atoms with Gasteiger partial charge < -0.3 is 15.5 Å². The van der Waals surface area contributed by atoms with Gasteiger partial charge in [0.1, 0.15) is 5.82 Å². The van der Waals surface area contributed by atoms with Crippen molar-refractivity contribution < 1.29 is 4.92 Å². The number of pyridine rings is 1. The topological polar surface area (TPSA) is 88.5 Å². The number of rotatable bonds is 9. The Hall–Kier alpha value is -1.89. The third-order valence-corrected chi connectivity index (χ3v) is 4.50. The monoisotopic (exact) mass is 335 g/mol. The Balaban J connectivity index is 2.04. The van der Waals surface area contributed by atoms with Crippen molar-refractivity contribution in [2.45, 2.75) is 45.4 Å². The highest BCUT2D eigenvalue weighted by molar-refractivity contribution is 5.61. The molecule has 0 bridgehead atoms. The maximum atomic E-state index is 11.3. The number of hydrogen-bond donors (Lipinski definition) is 1. The van der Waals surface area contributed by atoms with Crippen LogP contribution < -0.4 is 10.6 Å². The van der Waals surface area contributed by atoms with Gasteiger partial charge in [0.25, 0.3) is 0 Å². The average molecular weight is 335 g/mol. The number of aromatic nitrogens is 1. The smallest absolute Gasteiger partial charge is 0.311 e. The molecule has 2 N–H and O–H groups in total. The number of likely N-dealkylation sites (tertiary alicyclic amines) is 1. The molecule has 0 saturated carbocycles. The van der Waals surface area contributed by atoms with Crippen molar-refractivity contribution in [3.63, 3.8) is 0 Å². The van der Waals surface area contributed by atoms with Crippen molar-refractivity contribution in [1.29, 1.82) is 0 Å². The maximum absolute atomic E-state index is 11.3. The quantitative estimate of drug-likeness (QED) is 0.551. The molecular weight excluding hydrogens is 306 g/mol. The first-order valence-corrected chi connectivity index (χ1v) is 9.00. The van der Waals surface area contributed by atoms with Gasteiger partial charge in [-0.15, -0.1) is 0 Å². The molecular formula is C17H29N5O2. The van der Waals surface area contributed by atoms with E-state index >= 15 is 0 Å². The van der Waals surface area contributed by atoms with Gasteiger partial charge in [0.05, 0.1) is 4.92 Å². The lowest BCUT2D eigenvalue weighted by atomic mass is 10.1. The summed E-state index contributed by atoms with van der Waals surface area (Å²) in [7, 11) is 0. The minimum Gasteiger partial charge on any atom is -0.384 e. The van der Waals surface area contributed by atoms with Gasteiger partial charge in [0.15, 0.2) is 0 Å². The van der Waals surface area contributed by atoms with Gasteiger partial charge in [-0.2, -0.15) is 0 Å². The highest BCUT2D eigenvalue weighted by atomic mass is 16.6. The molecule has 1 aliphatic rings. The minimum atomic E-state index is -0.370. The lowest BCUT2D eigenvalue weighted by Crippen LogP contribution is -2.34. The van der Waals surface area contributed by atoms with Crippen molar-refractivity contribution in [3.05, 3.63) is 22.2 Å². The number of nitrogens with zero attached hydrogens (tertiary/aromatic N) is 4. The van der Waals surface area contributed by atoms with Crippen LogP contribution in [0.3, 0.4) is 0 Å².